The molecular weight excluding hydrogens is 251 g/mol. The summed E-state index contributed by atoms with van der Waals surface area (Å²) in [5.41, 5.74) is 0. The molecule has 0 aromatic rings. The van der Waals surface area contributed by atoms with Gasteiger partial charge in [0, 0.05) is 0 Å². The molecule has 1 aliphatic heterocycles. The Morgan fingerprint density at radius 3 is 2.33 bits per heavy atom. The van der Waals surface area contributed by atoms with E-state index in [2.05, 4.69) is 28.6 Å². The van der Waals surface area contributed by atoms with Crippen LogP contribution in [0.2, 0.25) is 4.18 Å². The Morgan fingerprint density at radius 2 is 1.83 bits per heavy atom. The second kappa shape index (κ2) is 5.51. The summed E-state index contributed by atoms with van der Waals surface area (Å²) in [5.74, 6) is 0. The van der Waals surface area contributed by atoms with E-state index in [1.807, 2.05) is 0 Å². The summed E-state index contributed by atoms with van der Waals surface area (Å²) >= 11 is -1.23. The number of likely N-dealkylation sites (N-methyl/N-ethyl adjacent to an activating group) is 2. The van der Waals surface area contributed by atoms with Crippen LogP contribution in [0.1, 0.15) is 20.8 Å². The summed E-state index contributed by atoms with van der Waals surface area (Å²) in [7, 11) is 0. The average molecular weight is 272 g/mol. The predicted molar refractivity (Wildman–Crippen MR) is 55.6 cm³/mol. The summed E-state index contributed by atoms with van der Waals surface area (Å²) in [6.07, 6.45) is 0. The summed E-state index contributed by atoms with van der Waals surface area (Å²) in [6, 6.07) is 0. The van der Waals surface area contributed by atoms with Crippen LogP contribution < -0.4 is 0 Å². The monoisotopic (exact) mass is 272 g/mol. The van der Waals surface area contributed by atoms with Crippen LogP contribution in [0.25, 0.3) is 0 Å². The Bertz CT molecular complexity index is 130. The van der Waals surface area contributed by atoms with E-state index < -0.39 is 21.7 Å². The van der Waals surface area contributed by atoms with Crippen molar-refractivity contribution in [2.75, 3.05) is 30.5 Å². The van der Waals surface area contributed by atoms with Crippen LogP contribution in [-0.4, -0.2) is 60.0 Å². The molecule has 0 spiro atoms. The normalized spacial score (nSPS) is 21.8. The quantitative estimate of drug-likeness (QED) is 0.761. The van der Waals surface area contributed by atoms with Crippen molar-refractivity contribution in [3.63, 3.8) is 0 Å². The van der Waals surface area contributed by atoms with Crippen LogP contribution in [-0.2, 0) is 0 Å². The molecule has 0 N–H and O–H groups in total. The molecule has 0 aromatic heterocycles. The van der Waals surface area contributed by atoms with Gasteiger partial charge in [0.15, 0.2) is 0 Å². The van der Waals surface area contributed by atoms with Crippen molar-refractivity contribution < 1.29 is 0 Å². The minimum absolute atomic E-state index is 1.23. The van der Waals surface area contributed by atoms with Gasteiger partial charge in [-0.1, -0.05) is 0 Å². The molecule has 0 aromatic carbocycles. The zero-order valence-corrected chi connectivity index (χ0v) is 12.0. The molecule has 0 bridgehead atoms. The number of hydrogen-bond acceptors (Lipinski definition) is 2. The Labute approximate surface area is 84.8 Å². The zero-order valence-electron chi connectivity index (χ0n) is 8.71. The first kappa shape index (κ1) is 10.9. The Kier molecular flexibility index (Phi) is 4.99. The fourth-order valence-corrected chi connectivity index (χ4v) is 10.7. The van der Waals surface area contributed by atoms with Gasteiger partial charge in [-0.3, -0.25) is 0 Å². The molecule has 0 amide bonds. The first-order valence-electron chi connectivity index (χ1n) is 5.28. The van der Waals surface area contributed by atoms with Gasteiger partial charge in [-0.05, 0) is 0 Å². The van der Waals surface area contributed by atoms with E-state index in [9.17, 15) is 0 Å². The first-order chi connectivity index (χ1) is 5.81. The Morgan fingerprint density at radius 1 is 1.08 bits per heavy atom. The van der Waals surface area contributed by atoms with E-state index in [-0.39, 0.29) is 0 Å². The molecule has 2 nitrogen and oxygen atoms in total. The van der Waals surface area contributed by atoms with Gasteiger partial charge in [0.2, 0.25) is 0 Å². The van der Waals surface area contributed by atoms with E-state index in [4.69, 9.17) is 0 Å². The molecule has 0 aliphatic carbocycles. The van der Waals surface area contributed by atoms with Gasteiger partial charge in [0.25, 0.3) is 0 Å². The van der Waals surface area contributed by atoms with E-state index in [1.165, 1.54) is 34.7 Å². The van der Waals surface area contributed by atoms with Gasteiger partial charge < -0.3 is 0 Å². The van der Waals surface area contributed by atoms with Crippen molar-refractivity contribution in [2.45, 2.75) is 24.9 Å². The topological polar surface area (TPSA) is 6.48 Å². The number of nitrogens with zero attached hydrogens (tertiary/aromatic N) is 2. The van der Waals surface area contributed by atoms with Crippen LogP contribution in [0.4, 0.5) is 0 Å². The van der Waals surface area contributed by atoms with Gasteiger partial charge in [0.05, 0.1) is 0 Å². The summed E-state index contributed by atoms with van der Waals surface area (Å²) < 4.78 is 5.81. The van der Waals surface area contributed by atoms with Crippen LogP contribution in [0, 0.1) is 0 Å². The molecule has 12 heavy (non-hydrogen) atoms. The maximum absolute atomic E-state index is 2.81. The molecule has 0 saturated carbocycles. The maximum atomic E-state index is 2.81. The molecule has 1 heterocycles. The molecule has 0 atom stereocenters. The summed E-state index contributed by atoms with van der Waals surface area (Å²) in [4.78, 5) is 2.65. The zero-order chi connectivity index (χ0) is 8.97. The molecule has 70 valence electrons. The van der Waals surface area contributed by atoms with Crippen LogP contribution in [0.5, 0.6) is 0 Å². The Balaban J connectivity index is 2.41. The molecule has 1 saturated heterocycles. The van der Waals surface area contributed by atoms with E-state index >= 15 is 0 Å². The molecular formula is C9H21InN2. The van der Waals surface area contributed by atoms with Crippen molar-refractivity contribution >= 4 is 21.7 Å². The minimum atomic E-state index is -1.23. The fourth-order valence-electron chi connectivity index (χ4n) is 2.05. The van der Waals surface area contributed by atoms with E-state index in [0.717, 1.165) is 0 Å². The third-order valence-corrected chi connectivity index (χ3v) is 13.1. The molecule has 3 heteroatoms. The van der Waals surface area contributed by atoms with Crippen LogP contribution in [0.3, 0.4) is 0 Å². The summed E-state index contributed by atoms with van der Waals surface area (Å²) in [5, 5.41) is 0. The average Bonchev–Trinajstić information content (AvgIpc) is 2.16. The fraction of sp³-hybridized carbons (Fsp3) is 1.00. The number of rotatable bonds is 3. The van der Waals surface area contributed by atoms with Crippen molar-refractivity contribution in [1.82, 2.24) is 7.79 Å². The van der Waals surface area contributed by atoms with Crippen molar-refractivity contribution in [3.8, 4) is 0 Å². The molecule has 1 rings (SSSR count). The second-order valence-electron chi connectivity index (χ2n) is 3.58. The Hall–Kier alpha value is 0.790. The third-order valence-electron chi connectivity index (χ3n) is 3.01. The second-order valence-corrected chi connectivity index (χ2v) is 12.8. The van der Waals surface area contributed by atoms with Crippen LogP contribution in [0.15, 0.2) is 0 Å². The predicted octanol–water partition coefficient (Wildman–Crippen LogP) is 1.19. The van der Waals surface area contributed by atoms with Crippen molar-refractivity contribution in [1.29, 1.82) is 0 Å². The molecule has 1 fully saturated rings. The molecule has 0 unspecified atom stereocenters. The van der Waals surface area contributed by atoms with Gasteiger partial charge >= 0.3 is 84.9 Å². The van der Waals surface area contributed by atoms with Gasteiger partial charge in [0.1, 0.15) is 0 Å². The molecule has 0 radical (unpaired) electrons. The van der Waals surface area contributed by atoms with Crippen LogP contribution >= 0.6 is 0 Å². The van der Waals surface area contributed by atoms with Gasteiger partial charge in [-0.2, -0.15) is 0 Å². The number of hydrogen-bond donors (Lipinski definition) is 0. The van der Waals surface area contributed by atoms with E-state index in [0.29, 0.717) is 0 Å². The molecule has 1 aliphatic rings. The van der Waals surface area contributed by atoms with Crippen molar-refractivity contribution in [2.24, 2.45) is 0 Å². The SMILES string of the molecule is CCN1CC[N](CC)[In]([CH2]C)[CH2]1. The van der Waals surface area contributed by atoms with Crippen molar-refractivity contribution in [3.05, 3.63) is 0 Å². The first-order valence-corrected chi connectivity index (χ1v) is 11.4. The standard InChI is InChI=1S/C7H16N2.C2H5.In/c1-4-8-6-7-9(3)5-2;1-2;/h3-7H2,1-2H3;1H2,2H3;/q-1;;+1. The third kappa shape index (κ3) is 2.64. The summed E-state index contributed by atoms with van der Waals surface area (Å²) in [6.45, 7) is 12.3. The van der Waals surface area contributed by atoms with Gasteiger partial charge in [-0.15, -0.1) is 0 Å². The van der Waals surface area contributed by atoms with E-state index in [1.54, 1.807) is 0 Å². The van der Waals surface area contributed by atoms with Gasteiger partial charge in [-0.25, -0.2) is 0 Å².